The Hall–Kier alpha value is -1.23. The molecule has 4 nitrogen and oxygen atoms in total. The topological polar surface area (TPSA) is 55.2 Å². The van der Waals surface area contributed by atoms with E-state index >= 15 is 0 Å². The fourth-order valence-electron chi connectivity index (χ4n) is 1.76. The molecule has 0 atom stereocenters. The Morgan fingerprint density at radius 1 is 1.25 bits per heavy atom. The molecule has 0 unspecified atom stereocenters. The van der Waals surface area contributed by atoms with Gasteiger partial charge in [0.15, 0.2) is 0 Å². The SMILES string of the molecule is O=[N+]([O-])c1ccc(NC2CCSCC2)cc1. The molecular weight excluding hydrogens is 224 g/mol. The fourth-order valence-corrected chi connectivity index (χ4v) is 2.86. The van der Waals surface area contributed by atoms with E-state index in [9.17, 15) is 10.1 Å². The second kappa shape index (κ2) is 5.21. The van der Waals surface area contributed by atoms with Gasteiger partial charge >= 0.3 is 0 Å². The van der Waals surface area contributed by atoms with E-state index < -0.39 is 0 Å². The van der Waals surface area contributed by atoms with Gasteiger partial charge in [-0.3, -0.25) is 10.1 Å². The van der Waals surface area contributed by atoms with Gasteiger partial charge in [0.1, 0.15) is 0 Å². The number of non-ortho nitro benzene ring substituents is 1. The molecule has 0 saturated carbocycles. The number of thioether (sulfide) groups is 1. The van der Waals surface area contributed by atoms with Gasteiger partial charge in [0, 0.05) is 23.9 Å². The van der Waals surface area contributed by atoms with Crippen molar-refractivity contribution in [1.82, 2.24) is 0 Å². The monoisotopic (exact) mass is 238 g/mol. The zero-order valence-electron chi connectivity index (χ0n) is 8.89. The molecule has 1 aliphatic heterocycles. The lowest BCUT2D eigenvalue weighted by molar-refractivity contribution is -0.384. The minimum Gasteiger partial charge on any atom is -0.382 e. The number of hydrogen-bond acceptors (Lipinski definition) is 4. The van der Waals surface area contributed by atoms with Crippen LogP contribution < -0.4 is 5.32 Å². The molecule has 0 aromatic heterocycles. The molecule has 1 aromatic rings. The van der Waals surface area contributed by atoms with E-state index in [0.717, 1.165) is 5.69 Å². The van der Waals surface area contributed by atoms with E-state index in [2.05, 4.69) is 5.32 Å². The Morgan fingerprint density at radius 2 is 1.88 bits per heavy atom. The molecule has 0 amide bonds. The summed E-state index contributed by atoms with van der Waals surface area (Å²) in [5.74, 6) is 2.40. The molecule has 1 aliphatic rings. The molecule has 0 bridgehead atoms. The van der Waals surface area contributed by atoms with Crippen LogP contribution in [-0.2, 0) is 0 Å². The summed E-state index contributed by atoms with van der Waals surface area (Å²) in [6.45, 7) is 0. The standard InChI is InChI=1S/C11H14N2O2S/c14-13(15)11-3-1-9(2-4-11)12-10-5-7-16-8-6-10/h1-4,10,12H,5-8H2. The van der Waals surface area contributed by atoms with Crippen molar-refractivity contribution in [2.45, 2.75) is 18.9 Å². The number of rotatable bonds is 3. The first kappa shape index (κ1) is 11.3. The van der Waals surface area contributed by atoms with Crippen LogP contribution >= 0.6 is 11.8 Å². The second-order valence-corrected chi connectivity index (χ2v) is 5.06. The molecule has 2 rings (SSSR count). The highest BCUT2D eigenvalue weighted by Gasteiger charge is 2.13. The van der Waals surface area contributed by atoms with Crippen molar-refractivity contribution in [3.05, 3.63) is 34.4 Å². The second-order valence-electron chi connectivity index (χ2n) is 3.83. The van der Waals surface area contributed by atoms with Crippen LogP contribution in [0.3, 0.4) is 0 Å². The maximum atomic E-state index is 10.5. The normalized spacial score (nSPS) is 17.0. The van der Waals surface area contributed by atoms with Crippen molar-refractivity contribution in [3.8, 4) is 0 Å². The van der Waals surface area contributed by atoms with Gasteiger partial charge in [-0.05, 0) is 36.5 Å². The number of hydrogen-bond donors (Lipinski definition) is 1. The van der Waals surface area contributed by atoms with E-state index in [4.69, 9.17) is 0 Å². The summed E-state index contributed by atoms with van der Waals surface area (Å²) in [6, 6.07) is 7.15. The predicted molar refractivity (Wildman–Crippen MR) is 67.1 cm³/mol. The lowest BCUT2D eigenvalue weighted by Crippen LogP contribution is -2.24. The molecule has 1 heterocycles. The smallest absolute Gasteiger partial charge is 0.269 e. The minimum atomic E-state index is -0.374. The third kappa shape index (κ3) is 2.88. The molecule has 0 radical (unpaired) electrons. The Balaban J connectivity index is 1.96. The number of benzene rings is 1. The molecule has 86 valence electrons. The van der Waals surface area contributed by atoms with Crippen LogP contribution in [0.25, 0.3) is 0 Å². The van der Waals surface area contributed by atoms with E-state index in [-0.39, 0.29) is 10.6 Å². The van der Waals surface area contributed by atoms with Crippen molar-refractivity contribution < 1.29 is 4.92 Å². The number of nitrogens with one attached hydrogen (secondary N) is 1. The lowest BCUT2D eigenvalue weighted by Gasteiger charge is -2.23. The molecular formula is C11H14N2O2S. The van der Waals surface area contributed by atoms with Gasteiger partial charge in [-0.2, -0.15) is 11.8 Å². The van der Waals surface area contributed by atoms with Gasteiger partial charge in [-0.25, -0.2) is 0 Å². The molecule has 0 aliphatic carbocycles. The van der Waals surface area contributed by atoms with Crippen molar-refractivity contribution in [2.75, 3.05) is 16.8 Å². The van der Waals surface area contributed by atoms with Crippen molar-refractivity contribution >= 4 is 23.1 Å². The minimum absolute atomic E-state index is 0.143. The Bertz CT molecular complexity index is 361. The molecule has 1 fully saturated rings. The first-order valence-corrected chi connectivity index (χ1v) is 6.50. The average Bonchev–Trinajstić information content (AvgIpc) is 2.31. The zero-order chi connectivity index (χ0) is 11.4. The van der Waals surface area contributed by atoms with Gasteiger partial charge in [0.2, 0.25) is 0 Å². The maximum Gasteiger partial charge on any atom is 0.269 e. The van der Waals surface area contributed by atoms with Crippen LogP contribution in [-0.4, -0.2) is 22.5 Å². The predicted octanol–water partition coefficient (Wildman–Crippen LogP) is 2.90. The summed E-state index contributed by atoms with van der Waals surface area (Å²) >= 11 is 1.99. The summed E-state index contributed by atoms with van der Waals surface area (Å²) in [5.41, 5.74) is 1.12. The van der Waals surface area contributed by atoms with Crippen molar-refractivity contribution in [2.24, 2.45) is 0 Å². The van der Waals surface area contributed by atoms with Gasteiger partial charge in [0.25, 0.3) is 5.69 Å². The first-order valence-electron chi connectivity index (χ1n) is 5.34. The average molecular weight is 238 g/mol. The molecule has 1 saturated heterocycles. The summed E-state index contributed by atoms with van der Waals surface area (Å²) < 4.78 is 0. The molecule has 1 N–H and O–H groups in total. The van der Waals surface area contributed by atoms with Crippen LogP contribution in [0.2, 0.25) is 0 Å². The zero-order valence-corrected chi connectivity index (χ0v) is 9.70. The quantitative estimate of drug-likeness (QED) is 0.650. The van der Waals surface area contributed by atoms with E-state index in [0.29, 0.717) is 6.04 Å². The van der Waals surface area contributed by atoms with Crippen molar-refractivity contribution in [3.63, 3.8) is 0 Å². The number of nitrogens with zero attached hydrogens (tertiary/aromatic N) is 1. The maximum absolute atomic E-state index is 10.5. The van der Waals surface area contributed by atoms with Crippen LogP contribution in [0.4, 0.5) is 11.4 Å². The van der Waals surface area contributed by atoms with E-state index in [1.54, 1.807) is 24.3 Å². The van der Waals surface area contributed by atoms with E-state index in [1.165, 1.54) is 24.3 Å². The number of nitro benzene ring substituents is 1. The molecule has 1 aromatic carbocycles. The van der Waals surface area contributed by atoms with Gasteiger partial charge in [0.05, 0.1) is 4.92 Å². The summed E-state index contributed by atoms with van der Waals surface area (Å²) in [4.78, 5) is 10.1. The van der Waals surface area contributed by atoms with Crippen LogP contribution in [0.5, 0.6) is 0 Å². The third-order valence-electron chi connectivity index (χ3n) is 2.67. The Kier molecular flexibility index (Phi) is 3.66. The number of nitro groups is 1. The van der Waals surface area contributed by atoms with Gasteiger partial charge < -0.3 is 5.32 Å². The largest absolute Gasteiger partial charge is 0.382 e. The van der Waals surface area contributed by atoms with Crippen LogP contribution in [0.15, 0.2) is 24.3 Å². The fraction of sp³-hybridized carbons (Fsp3) is 0.455. The first-order chi connectivity index (χ1) is 7.75. The van der Waals surface area contributed by atoms with E-state index in [1.807, 2.05) is 11.8 Å². The Labute approximate surface area is 98.6 Å². The van der Waals surface area contributed by atoms with Gasteiger partial charge in [-0.15, -0.1) is 0 Å². The molecule has 5 heteroatoms. The highest BCUT2D eigenvalue weighted by atomic mass is 32.2. The highest BCUT2D eigenvalue weighted by molar-refractivity contribution is 7.99. The molecule has 0 spiro atoms. The highest BCUT2D eigenvalue weighted by Crippen LogP contribution is 2.22. The molecule has 16 heavy (non-hydrogen) atoms. The number of anilines is 1. The summed E-state index contributed by atoms with van der Waals surface area (Å²) in [5, 5.41) is 13.9. The summed E-state index contributed by atoms with van der Waals surface area (Å²) in [7, 11) is 0. The Morgan fingerprint density at radius 3 is 2.44 bits per heavy atom. The van der Waals surface area contributed by atoms with Crippen LogP contribution in [0.1, 0.15) is 12.8 Å². The lowest BCUT2D eigenvalue weighted by atomic mass is 10.1. The van der Waals surface area contributed by atoms with Gasteiger partial charge in [-0.1, -0.05) is 0 Å². The van der Waals surface area contributed by atoms with Crippen LogP contribution in [0, 0.1) is 10.1 Å². The third-order valence-corrected chi connectivity index (χ3v) is 3.72. The summed E-state index contributed by atoms with van der Waals surface area (Å²) in [6.07, 6.45) is 2.34. The van der Waals surface area contributed by atoms with Crippen molar-refractivity contribution in [1.29, 1.82) is 0 Å².